The number of benzene rings is 1. The van der Waals surface area contributed by atoms with Gasteiger partial charge in [-0.1, -0.05) is 44.5 Å². The Morgan fingerprint density at radius 1 is 1.40 bits per heavy atom. The standard InChI is InChI=1S/C12H16.C2H3N/c1-3-10-8-11-6-4-5-7-12(11)9(10)2;1-3-2/h4-7,9-10H,3,8H2,1-2H3;1H3/t9-,10-;/m0./s1. The van der Waals surface area contributed by atoms with E-state index in [1.807, 2.05) is 0 Å². The Balaban J connectivity index is 0.000000337. The van der Waals surface area contributed by atoms with Crippen LogP contribution in [0.1, 0.15) is 37.3 Å². The van der Waals surface area contributed by atoms with E-state index in [9.17, 15) is 0 Å². The summed E-state index contributed by atoms with van der Waals surface area (Å²) in [6.45, 7) is 10.5. The molecule has 0 heterocycles. The summed E-state index contributed by atoms with van der Waals surface area (Å²) >= 11 is 0. The van der Waals surface area contributed by atoms with Crippen molar-refractivity contribution in [2.75, 3.05) is 7.05 Å². The first-order valence-corrected chi connectivity index (χ1v) is 5.57. The van der Waals surface area contributed by atoms with Crippen LogP contribution in [-0.2, 0) is 6.42 Å². The van der Waals surface area contributed by atoms with Crippen molar-refractivity contribution in [2.24, 2.45) is 5.92 Å². The summed E-state index contributed by atoms with van der Waals surface area (Å²) in [4.78, 5) is 2.75. The van der Waals surface area contributed by atoms with Gasteiger partial charge in [0.2, 0.25) is 7.05 Å². The van der Waals surface area contributed by atoms with Crippen LogP contribution in [0.5, 0.6) is 0 Å². The van der Waals surface area contributed by atoms with Gasteiger partial charge in [0.1, 0.15) is 0 Å². The molecule has 0 N–H and O–H groups in total. The molecule has 0 bridgehead atoms. The first kappa shape index (κ1) is 11.8. The lowest BCUT2D eigenvalue weighted by atomic mass is 9.93. The molecule has 0 saturated carbocycles. The van der Waals surface area contributed by atoms with Gasteiger partial charge in [0.15, 0.2) is 0 Å². The molecule has 0 amide bonds. The molecule has 0 aromatic heterocycles. The summed E-state index contributed by atoms with van der Waals surface area (Å²) < 4.78 is 0. The van der Waals surface area contributed by atoms with Crippen LogP contribution >= 0.6 is 0 Å². The molecule has 1 aromatic carbocycles. The van der Waals surface area contributed by atoms with E-state index in [1.165, 1.54) is 19.9 Å². The van der Waals surface area contributed by atoms with Gasteiger partial charge in [-0.15, -0.1) is 0 Å². The van der Waals surface area contributed by atoms with Gasteiger partial charge < -0.3 is 4.85 Å². The summed E-state index contributed by atoms with van der Waals surface area (Å²) in [5, 5.41) is 0. The van der Waals surface area contributed by atoms with Crippen LogP contribution in [0.4, 0.5) is 0 Å². The Morgan fingerprint density at radius 2 is 2.00 bits per heavy atom. The number of hydrogen-bond acceptors (Lipinski definition) is 0. The minimum atomic E-state index is 0.784. The Kier molecular flexibility index (Phi) is 4.37. The van der Waals surface area contributed by atoms with Crippen LogP contribution in [0.2, 0.25) is 0 Å². The first-order chi connectivity index (χ1) is 7.24. The van der Waals surface area contributed by atoms with Crippen molar-refractivity contribution in [3.05, 3.63) is 46.8 Å². The highest BCUT2D eigenvalue weighted by Gasteiger charge is 2.26. The molecule has 80 valence electrons. The molecular weight excluding hydrogens is 182 g/mol. The normalized spacial score (nSPS) is 22.3. The van der Waals surface area contributed by atoms with Crippen molar-refractivity contribution in [1.82, 2.24) is 0 Å². The van der Waals surface area contributed by atoms with Gasteiger partial charge >= 0.3 is 0 Å². The predicted octanol–water partition coefficient (Wildman–Crippen LogP) is 3.91. The van der Waals surface area contributed by atoms with E-state index in [0.29, 0.717) is 0 Å². The Bertz CT molecular complexity index is 349. The molecule has 0 radical (unpaired) electrons. The predicted molar refractivity (Wildman–Crippen MR) is 64.9 cm³/mol. The summed E-state index contributed by atoms with van der Waals surface area (Å²) in [6, 6.07) is 8.88. The molecule has 1 aliphatic rings. The lowest BCUT2D eigenvalue weighted by Gasteiger charge is -2.12. The monoisotopic (exact) mass is 201 g/mol. The van der Waals surface area contributed by atoms with Crippen molar-refractivity contribution in [2.45, 2.75) is 32.6 Å². The van der Waals surface area contributed by atoms with Gasteiger partial charge in [-0.2, -0.15) is 0 Å². The maximum Gasteiger partial charge on any atom is 0.205 e. The molecule has 2 atom stereocenters. The molecule has 0 spiro atoms. The highest BCUT2D eigenvalue weighted by molar-refractivity contribution is 5.35. The second kappa shape index (κ2) is 5.56. The van der Waals surface area contributed by atoms with E-state index in [2.05, 4.69) is 43.0 Å². The zero-order chi connectivity index (χ0) is 11.3. The first-order valence-electron chi connectivity index (χ1n) is 5.57. The van der Waals surface area contributed by atoms with E-state index in [1.54, 1.807) is 11.1 Å². The molecule has 0 saturated heterocycles. The van der Waals surface area contributed by atoms with Crippen molar-refractivity contribution in [1.29, 1.82) is 0 Å². The Hall–Kier alpha value is -1.29. The number of nitrogens with zero attached hydrogens (tertiary/aromatic N) is 1. The topological polar surface area (TPSA) is 4.36 Å². The van der Waals surface area contributed by atoms with Crippen molar-refractivity contribution in [3.8, 4) is 0 Å². The lowest BCUT2D eigenvalue weighted by molar-refractivity contribution is 0.468. The van der Waals surface area contributed by atoms with E-state index < -0.39 is 0 Å². The fraction of sp³-hybridized carbons (Fsp3) is 0.500. The second-order valence-electron chi connectivity index (χ2n) is 4.08. The van der Waals surface area contributed by atoms with Gasteiger partial charge in [0, 0.05) is 0 Å². The van der Waals surface area contributed by atoms with Crippen molar-refractivity contribution >= 4 is 0 Å². The van der Waals surface area contributed by atoms with E-state index >= 15 is 0 Å². The lowest BCUT2D eigenvalue weighted by Crippen LogP contribution is -2.01. The minimum absolute atomic E-state index is 0.784. The highest BCUT2D eigenvalue weighted by atomic mass is 14.5. The largest absolute Gasteiger partial charge is 0.320 e. The average Bonchev–Trinajstić information content (AvgIpc) is 2.57. The van der Waals surface area contributed by atoms with Crippen LogP contribution in [0.15, 0.2) is 24.3 Å². The zero-order valence-corrected chi connectivity index (χ0v) is 9.83. The molecule has 1 heteroatoms. The van der Waals surface area contributed by atoms with Crippen LogP contribution in [-0.4, -0.2) is 7.05 Å². The Morgan fingerprint density at radius 3 is 2.53 bits per heavy atom. The van der Waals surface area contributed by atoms with Gasteiger partial charge in [-0.25, -0.2) is 6.57 Å². The average molecular weight is 201 g/mol. The molecule has 1 nitrogen and oxygen atoms in total. The SMILES string of the molecule is CC[C@H]1Cc2ccccc2[C@H]1C.[C-]#[N+]C. The van der Waals surface area contributed by atoms with Crippen LogP contribution < -0.4 is 0 Å². The molecule has 1 aromatic rings. The van der Waals surface area contributed by atoms with Gasteiger partial charge in [-0.3, -0.25) is 0 Å². The minimum Gasteiger partial charge on any atom is -0.320 e. The van der Waals surface area contributed by atoms with Crippen molar-refractivity contribution < 1.29 is 0 Å². The van der Waals surface area contributed by atoms with Gasteiger partial charge in [0.05, 0.1) is 0 Å². The molecular formula is C14H19N. The molecule has 15 heavy (non-hydrogen) atoms. The maximum absolute atomic E-state index is 5.83. The zero-order valence-electron chi connectivity index (χ0n) is 9.83. The molecule has 2 rings (SSSR count). The van der Waals surface area contributed by atoms with Crippen LogP contribution in [0.3, 0.4) is 0 Å². The number of fused-ring (bicyclic) bond motifs is 1. The van der Waals surface area contributed by atoms with Crippen LogP contribution in [0.25, 0.3) is 4.85 Å². The van der Waals surface area contributed by atoms with Crippen molar-refractivity contribution in [3.63, 3.8) is 0 Å². The highest BCUT2D eigenvalue weighted by Crippen LogP contribution is 2.38. The van der Waals surface area contributed by atoms with E-state index in [-0.39, 0.29) is 0 Å². The summed E-state index contributed by atoms with van der Waals surface area (Å²) in [6.07, 6.45) is 2.61. The van der Waals surface area contributed by atoms with Gasteiger partial charge in [-0.05, 0) is 29.4 Å². The molecule has 0 unspecified atom stereocenters. The summed E-state index contributed by atoms with van der Waals surface area (Å²) in [5.74, 6) is 1.67. The fourth-order valence-electron chi connectivity index (χ4n) is 2.38. The second-order valence-corrected chi connectivity index (χ2v) is 4.08. The smallest absolute Gasteiger partial charge is 0.205 e. The third-order valence-electron chi connectivity index (χ3n) is 3.26. The number of rotatable bonds is 1. The summed E-state index contributed by atoms with van der Waals surface area (Å²) in [7, 11) is 1.42. The Labute approximate surface area is 93.0 Å². The van der Waals surface area contributed by atoms with E-state index in [0.717, 1.165) is 11.8 Å². The molecule has 0 aliphatic heterocycles. The van der Waals surface area contributed by atoms with Gasteiger partial charge in [0.25, 0.3) is 0 Å². The summed E-state index contributed by atoms with van der Waals surface area (Å²) in [5.41, 5.74) is 3.17. The van der Waals surface area contributed by atoms with E-state index in [4.69, 9.17) is 6.57 Å². The number of hydrogen-bond donors (Lipinski definition) is 0. The maximum atomic E-state index is 5.83. The third-order valence-corrected chi connectivity index (χ3v) is 3.26. The quantitative estimate of drug-likeness (QED) is 0.607. The molecule has 0 fully saturated rings. The third kappa shape index (κ3) is 2.59. The molecule has 1 aliphatic carbocycles. The van der Waals surface area contributed by atoms with Crippen LogP contribution in [0, 0.1) is 12.5 Å². The fourth-order valence-corrected chi connectivity index (χ4v) is 2.38.